The second-order valence-corrected chi connectivity index (χ2v) is 7.48. The topological polar surface area (TPSA) is 58.6 Å². The Morgan fingerprint density at radius 2 is 2.16 bits per heavy atom. The quantitative estimate of drug-likeness (QED) is 0.595. The third-order valence-corrected chi connectivity index (χ3v) is 5.40. The number of rotatable bonds is 10. The molecule has 5 nitrogen and oxygen atoms in total. The second kappa shape index (κ2) is 8.89. The molecule has 1 N–H and O–H groups in total. The number of methoxy groups -OCH3 is 1. The molecule has 1 heterocycles. The third-order valence-electron chi connectivity index (χ3n) is 3.57. The van der Waals surface area contributed by atoms with Gasteiger partial charge < -0.3 is 10.1 Å². The lowest BCUT2D eigenvalue weighted by molar-refractivity contribution is 0.193. The molecule has 1 aliphatic heterocycles. The van der Waals surface area contributed by atoms with Crippen molar-refractivity contribution >= 4 is 9.84 Å². The summed E-state index contributed by atoms with van der Waals surface area (Å²) in [4.78, 5) is 2.31. The van der Waals surface area contributed by atoms with E-state index in [9.17, 15) is 8.42 Å². The molecule has 1 atom stereocenters. The van der Waals surface area contributed by atoms with Gasteiger partial charge in [0.05, 0.1) is 12.4 Å². The van der Waals surface area contributed by atoms with Gasteiger partial charge in [0.1, 0.15) is 0 Å². The van der Waals surface area contributed by atoms with Crippen LogP contribution < -0.4 is 5.32 Å². The maximum Gasteiger partial charge on any atom is 0.151 e. The van der Waals surface area contributed by atoms with Crippen LogP contribution in [0.2, 0.25) is 0 Å². The molecule has 1 fully saturated rings. The van der Waals surface area contributed by atoms with E-state index in [-0.39, 0.29) is 0 Å². The van der Waals surface area contributed by atoms with Crippen molar-refractivity contribution in [2.75, 3.05) is 51.4 Å². The zero-order valence-corrected chi connectivity index (χ0v) is 13.0. The minimum absolute atomic E-state index is 0.301. The summed E-state index contributed by atoms with van der Waals surface area (Å²) >= 11 is 0. The Bertz CT molecular complexity index is 333. The standard InChI is InChI=1S/C13H28N2O3S/c1-3-10-19(16,17)11-8-15-7-4-5-13(15)12-14-6-9-18-2/h13-14H,3-12H2,1-2H3. The van der Waals surface area contributed by atoms with E-state index in [0.29, 0.717) is 30.5 Å². The molecule has 19 heavy (non-hydrogen) atoms. The van der Waals surface area contributed by atoms with Gasteiger partial charge in [-0.05, 0) is 25.8 Å². The minimum Gasteiger partial charge on any atom is -0.383 e. The number of hydrogen-bond donors (Lipinski definition) is 1. The minimum atomic E-state index is -2.85. The Morgan fingerprint density at radius 1 is 1.37 bits per heavy atom. The maximum absolute atomic E-state index is 11.7. The fourth-order valence-corrected chi connectivity index (χ4v) is 3.87. The van der Waals surface area contributed by atoms with Crippen molar-refractivity contribution in [3.63, 3.8) is 0 Å². The maximum atomic E-state index is 11.7. The van der Waals surface area contributed by atoms with E-state index in [2.05, 4.69) is 10.2 Å². The Balaban J connectivity index is 2.28. The van der Waals surface area contributed by atoms with Gasteiger partial charge >= 0.3 is 0 Å². The fourth-order valence-electron chi connectivity index (χ4n) is 2.53. The van der Waals surface area contributed by atoms with Crippen LogP contribution in [0.1, 0.15) is 26.2 Å². The predicted molar refractivity (Wildman–Crippen MR) is 78.3 cm³/mol. The van der Waals surface area contributed by atoms with Crippen LogP contribution in [-0.2, 0) is 14.6 Å². The first kappa shape index (κ1) is 16.9. The van der Waals surface area contributed by atoms with E-state index in [1.807, 2.05) is 6.92 Å². The highest BCUT2D eigenvalue weighted by Gasteiger charge is 2.25. The third kappa shape index (κ3) is 6.70. The molecule has 0 spiro atoms. The summed E-state index contributed by atoms with van der Waals surface area (Å²) in [6, 6.07) is 0.480. The van der Waals surface area contributed by atoms with Crippen LogP contribution in [-0.4, -0.2) is 70.8 Å². The number of ether oxygens (including phenoxy) is 1. The van der Waals surface area contributed by atoms with Crippen LogP contribution in [0.25, 0.3) is 0 Å². The number of likely N-dealkylation sites (tertiary alicyclic amines) is 1. The van der Waals surface area contributed by atoms with Crippen LogP contribution in [0, 0.1) is 0 Å². The average Bonchev–Trinajstić information content (AvgIpc) is 2.80. The highest BCUT2D eigenvalue weighted by atomic mass is 32.2. The van der Waals surface area contributed by atoms with Gasteiger partial charge in [0.15, 0.2) is 9.84 Å². The summed E-state index contributed by atoms with van der Waals surface area (Å²) in [5.74, 6) is 0.618. The first-order valence-corrected chi connectivity index (χ1v) is 9.05. The molecule has 0 aromatic rings. The largest absolute Gasteiger partial charge is 0.383 e. The van der Waals surface area contributed by atoms with E-state index in [0.717, 1.165) is 32.7 Å². The molecule has 1 rings (SSSR count). The average molecular weight is 292 g/mol. The first-order chi connectivity index (χ1) is 9.09. The van der Waals surface area contributed by atoms with E-state index < -0.39 is 9.84 Å². The smallest absolute Gasteiger partial charge is 0.151 e. The Morgan fingerprint density at radius 3 is 2.84 bits per heavy atom. The molecule has 6 heteroatoms. The molecule has 0 aromatic heterocycles. The molecular formula is C13H28N2O3S. The molecule has 0 aliphatic carbocycles. The highest BCUT2D eigenvalue weighted by molar-refractivity contribution is 7.91. The molecule has 0 aromatic carbocycles. The second-order valence-electron chi connectivity index (χ2n) is 5.18. The van der Waals surface area contributed by atoms with E-state index >= 15 is 0 Å². The van der Waals surface area contributed by atoms with E-state index in [1.54, 1.807) is 7.11 Å². The van der Waals surface area contributed by atoms with Gasteiger partial charge in [0, 0.05) is 38.5 Å². The molecule has 1 unspecified atom stereocenters. The predicted octanol–water partition coefficient (Wildman–Crippen LogP) is 0.512. The van der Waals surface area contributed by atoms with Gasteiger partial charge in [-0.25, -0.2) is 8.42 Å². The van der Waals surface area contributed by atoms with Crippen LogP contribution in [0.5, 0.6) is 0 Å². The number of hydrogen-bond acceptors (Lipinski definition) is 5. The zero-order chi connectivity index (χ0) is 14.1. The van der Waals surface area contributed by atoms with Gasteiger partial charge in [-0.2, -0.15) is 0 Å². The van der Waals surface area contributed by atoms with Crippen LogP contribution in [0.4, 0.5) is 0 Å². The van der Waals surface area contributed by atoms with E-state index in [1.165, 1.54) is 6.42 Å². The number of nitrogens with zero attached hydrogens (tertiary/aromatic N) is 1. The van der Waals surface area contributed by atoms with Gasteiger partial charge in [-0.15, -0.1) is 0 Å². The lowest BCUT2D eigenvalue weighted by Crippen LogP contribution is -2.41. The summed E-state index contributed by atoms with van der Waals surface area (Å²) in [7, 11) is -1.16. The number of nitrogens with one attached hydrogen (secondary N) is 1. The van der Waals surface area contributed by atoms with Crippen LogP contribution >= 0.6 is 0 Å². The van der Waals surface area contributed by atoms with Gasteiger partial charge in [0.2, 0.25) is 0 Å². The lowest BCUT2D eigenvalue weighted by atomic mass is 10.2. The highest BCUT2D eigenvalue weighted by Crippen LogP contribution is 2.16. The molecule has 1 saturated heterocycles. The molecule has 0 bridgehead atoms. The molecule has 1 aliphatic rings. The van der Waals surface area contributed by atoms with Crippen molar-refractivity contribution in [3.8, 4) is 0 Å². The summed E-state index contributed by atoms with van der Waals surface area (Å²) in [6.45, 7) is 6.12. The summed E-state index contributed by atoms with van der Waals surface area (Å²) in [5.41, 5.74) is 0. The molecule has 0 amide bonds. The van der Waals surface area contributed by atoms with E-state index in [4.69, 9.17) is 4.74 Å². The molecule has 0 saturated carbocycles. The van der Waals surface area contributed by atoms with Crippen molar-refractivity contribution in [1.29, 1.82) is 0 Å². The SMILES string of the molecule is CCCS(=O)(=O)CCN1CCCC1CNCCOC. The summed E-state index contributed by atoms with van der Waals surface area (Å²) < 4.78 is 28.5. The van der Waals surface area contributed by atoms with Crippen molar-refractivity contribution in [3.05, 3.63) is 0 Å². The van der Waals surface area contributed by atoms with Crippen molar-refractivity contribution in [2.24, 2.45) is 0 Å². The Labute approximate surface area is 117 Å². The van der Waals surface area contributed by atoms with Crippen LogP contribution in [0.15, 0.2) is 0 Å². The van der Waals surface area contributed by atoms with Crippen molar-refractivity contribution in [1.82, 2.24) is 10.2 Å². The van der Waals surface area contributed by atoms with Gasteiger partial charge in [-0.3, -0.25) is 4.90 Å². The van der Waals surface area contributed by atoms with Crippen LogP contribution in [0.3, 0.4) is 0 Å². The van der Waals surface area contributed by atoms with Gasteiger partial charge in [-0.1, -0.05) is 6.92 Å². The normalized spacial score (nSPS) is 21.1. The Kier molecular flexibility index (Phi) is 7.90. The molecular weight excluding hydrogens is 264 g/mol. The Hall–Kier alpha value is -0.170. The summed E-state index contributed by atoms with van der Waals surface area (Å²) in [5, 5.41) is 3.36. The van der Waals surface area contributed by atoms with Crippen molar-refractivity contribution < 1.29 is 13.2 Å². The molecule has 0 radical (unpaired) electrons. The first-order valence-electron chi connectivity index (χ1n) is 7.23. The fraction of sp³-hybridized carbons (Fsp3) is 1.00. The lowest BCUT2D eigenvalue weighted by Gasteiger charge is -2.24. The van der Waals surface area contributed by atoms with Crippen molar-refractivity contribution in [2.45, 2.75) is 32.2 Å². The number of sulfone groups is 1. The zero-order valence-electron chi connectivity index (χ0n) is 12.2. The van der Waals surface area contributed by atoms with Gasteiger partial charge in [0.25, 0.3) is 0 Å². The monoisotopic (exact) mass is 292 g/mol. The summed E-state index contributed by atoms with van der Waals surface area (Å²) in [6.07, 6.45) is 3.04. The molecule has 114 valence electrons.